The van der Waals surface area contributed by atoms with Gasteiger partial charge in [-0.1, -0.05) is 5.16 Å². The van der Waals surface area contributed by atoms with Crippen molar-refractivity contribution in [3.63, 3.8) is 0 Å². The van der Waals surface area contributed by atoms with Crippen LogP contribution in [-0.2, 0) is 0 Å². The Balaban J connectivity index is 2.51. The van der Waals surface area contributed by atoms with Crippen LogP contribution in [0.15, 0.2) is 5.16 Å². The Morgan fingerprint density at radius 1 is 1.83 bits per heavy atom. The molecule has 70 valence electrons. The van der Waals surface area contributed by atoms with Crippen LogP contribution in [0, 0.1) is 0 Å². The second kappa shape index (κ2) is 4.45. The van der Waals surface area contributed by atoms with Crippen molar-refractivity contribution in [2.24, 2.45) is 10.9 Å². The number of hydrogen-bond acceptors (Lipinski definition) is 3. The van der Waals surface area contributed by atoms with Crippen molar-refractivity contribution in [2.45, 2.75) is 18.9 Å². The maximum Gasteiger partial charge on any atom is 0.233 e. The topological polar surface area (TPSA) is 61.8 Å². The van der Waals surface area contributed by atoms with Crippen molar-refractivity contribution in [2.75, 3.05) is 18.6 Å². The molecule has 1 atom stereocenters. The summed E-state index contributed by atoms with van der Waals surface area (Å²) in [6.07, 6.45) is 4.36. The molecular weight excluding hydrogens is 174 g/mol. The van der Waals surface area contributed by atoms with Gasteiger partial charge in [-0.05, 0) is 19.1 Å². The minimum Gasteiger partial charge on any atom is -0.408 e. The molecule has 1 saturated heterocycles. The molecule has 0 bridgehead atoms. The van der Waals surface area contributed by atoms with E-state index in [9.17, 15) is 0 Å². The van der Waals surface area contributed by atoms with Crippen LogP contribution in [-0.4, -0.2) is 40.7 Å². The third-order valence-electron chi connectivity index (χ3n) is 2.13. The summed E-state index contributed by atoms with van der Waals surface area (Å²) >= 11 is 1.80. The lowest BCUT2D eigenvalue weighted by atomic mass is 10.2. The van der Waals surface area contributed by atoms with E-state index in [0.717, 1.165) is 25.1 Å². The predicted molar refractivity (Wildman–Crippen MR) is 51.5 cm³/mol. The Kier molecular flexibility index (Phi) is 3.52. The van der Waals surface area contributed by atoms with E-state index in [-0.39, 0.29) is 5.96 Å². The lowest BCUT2D eigenvalue weighted by Crippen LogP contribution is -2.41. The molecule has 0 aromatic rings. The summed E-state index contributed by atoms with van der Waals surface area (Å²) < 4.78 is 0. The van der Waals surface area contributed by atoms with Gasteiger partial charge in [0.15, 0.2) is 0 Å². The first-order chi connectivity index (χ1) is 5.79. The fraction of sp³-hybridized carbons (Fsp3) is 0.857. The smallest absolute Gasteiger partial charge is 0.233 e. The molecule has 12 heavy (non-hydrogen) atoms. The molecule has 0 saturated carbocycles. The van der Waals surface area contributed by atoms with E-state index in [4.69, 9.17) is 10.9 Å². The highest BCUT2D eigenvalue weighted by molar-refractivity contribution is 7.98. The van der Waals surface area contributed by atoms with E-state index in [1.165, 1.54) is 0 Å². The highest BCUT2D eigenvalue weighted by Crippen LogP contribution is 2.19. The van der Waals surface area contributed by atoms with Gasteiger partial charge in [-0.2, -0.15) is 11.8 Å². The summed E-state index contributed by atoms with van der Waals surface area (Å²) in [5.41, 5.74) is 5.52. The molecule has 0 aromatic carbocycles. The normalized spacial score (nSPS) is 24.9. The van der Waals surface area contributed by atoms with Crippen molar-refractivity contribution >= 4 is 17.7 Å². The molecule has 1 aliphatic heterocycles. The lowest BCUT2D eigenvalue weighted by Gasteiger charge is -2.23. The second-order valence-corrected chi connectivity index (χ2v) is 3.81. The quantitative estimate of drug-likeness (QED) is 0.288. The van der Waals surface area contributed by atoms with Crippen LogP contribution in [0.5, 0.6) is 0 Å². The van der Waals surface area contributed by atoms with E-state index >= 15 is 0 Å². The second-order valence-electron chi connectivity index (χ2n) is 2.90. The number of hydrogen-bond donors (Lipinski definition) is 2. The van der Waals surface area contributed by atoms with Gasteiger partial charge in [-0.25, -0.2) is 0 Å². The van der Waals surface area contributed by atoms with Gasteiger partial charge in [0.05, 0.1) is 0 Å². The van der Waals surface area contributed by atoms with E-state index in [2.05, 4.69) is 11.4 Å². The number of nitrogens with two attached hydrogens (primary N) is 1. The Labute approximate surface area is 76.8 Å². The van der Waals surface area contributed by atoms with E-state index < -0.39 is 0 Å². The SMILES string of the molecule is CSCC1CCCN1/C(N)=N/O. The largest absolute Gasteiger partial charge is 0.408 e. The van der Waals surface area contributed by atoms with E-state index in [0.29, 0.717) is 6.04 Å². The average molecular weight is 189 g/mol. The highest BCUT2D eigenvalue weighted by Gasteiger charge is 2.25. The van der Waals surface area contributed by atoms with E-state index in [1.807, 2.05) is 4.90 Å². The van der Waals surface area contributed by atoms with Crippen LogP contribution >= 0.6 is 11.8 Å². The summed E-state index contributed by atoms with van der Waals surface area (Å²) in [7, 11) is 0. The Morgan fingerprint density at radius 2 is 2.58 bits per heavy atom. The van der Waals surface area contributed by atoms with Crippen LogP contribution in [0.25, 0.3) is 0 Å². The zero-order valence-electron chi connectivity index (χ0n) is 7.23. The van der Waals surface area contributed by atoms with Crippen LogP contribution in [0.4, 0.5) is 0 Å². The summed E-state index contributed by atoms with van der Waals surface area (Å²) in [6.45, 7) is 0.918. The molecule has 0 amide bonds. The van der Waals surface area contributed by atoms with Crippen LogP contribution in [0.1, 0.15) is 12.8 Å². The summed E-state index contributed by atoms with van der Waals surface area (Å²) in [5, 5.41) is 11.5. The van der Waals surface area contributed by atoms with Crippen LogP contribution < -0.4 is 5.73 Å². The summed E-state index contributed by atoms with van der Waals surface area (Å²) in [5.74, 6) is 1.31. The highest BCUT2D eigenvalue weighted by atomic mass is 32.2. The molecular formula is C7H15N3OS. The number of likely N-dealkylation sites (tertiary alicyclic amines) is 1. The molecule has 0 aliphatic carbocycles. The van der Waals surface area contributed by atoms with Crippen LogP contribution in [0.2, 0.25) is 0 Å². The first-order valence-electron chi connectivity index (χ1n) is 4.02. The molecule has 3 N–H and O–H groups in total. The zero-order chi connectivity index (χ0) is 8.97. The Morgan fingerprint density at radius 3 is 3.17 bits per heavy atom. The number of nitrogens with zero attached hydrogens (tertiary/aromatic N) is 2. The zero-order valence-corrected chi connectivity index (χ0v) is 8.05. The minimum absolute atomic E-state index is 0.256. The summed E-state index contributed by atoms with van der Waals surface area (Å²) in [4.78, 5) is 1.97. The lowest BCUT2D eigenvalue weighted by molar-refractivity contribution is 0.296. The monoisotopic (exact) mass is 189 g/mol. The van der Waals surface area contributed by atoms with Crippen molar-refractivity contribution in [1.29, 1.82) is 0 Å². The van der Waals surface area contributed by atoms with Crippen LogP contribution in [0.3, 0.4) is 0 Å². The maximum atomic E-state index is 8.50. The standard InChI is InChI=1S/C7H15N3OS/c1-12-5-6-3-2-4-10(6)7(8)9-11/h6,11H,2-5H2,1H3,(H2,8,9). The first-order valence-corrected chi connectivity index (χ1v) is 5.42. The molecule has 1 fully saturated rings. The van der Waals surface area contributed by atoms with Crippen molar-refractivity contribution in [3.8, 4) is 0 Å². The maximum absolute atomic E-state index is 8.50. The number of thioether (sulfide) groups is 1. The predicted octanol–water partition coefficient (Wildman–Crippen LogP) is 0.518. The van der Waals surface area contributed by atoms with Gasteiger partial charge in [0.25, 0.3) is 0 Å². The molecule has 5 heteroatoms. The Bertz CT molecular complexity index is 174. The minimum atomic E-state index is 0.256. The van der Waals surface area contributed by atoms with Gasteiger partial charge < -0.3 is 15.8 Å². The average Bonchev–Trinajstić information content (AvgIpc) is 2.52. The molecule has 1 unspecified atom stereocenters. The number of oxime groups is 1. The molecule has 0 aromatic heterocycles. The first kappa shape index (κ1) is 9.51. The van der Waals surface area contributed by atoms with Gasteiger partial charge >= 0.3 is 0 Å². The van der Waals surface area contributed by atoms with Gasteiger partial charge in [0.2, 0.25) is 5.96 Å². The number of rotatable bonds is 2. The van der Waals surface area contributed by atoms with Gasteiger partial charge in [0, 0.05) is 18.3 Å². The third kappa shape index (κ3) is 1.97. The van der Waals surface area contributed by atoms with Crippen molar-refractivity contribution in [1.82, 2.24) is 4.90 Å². The van der Waals surface area contributed by atoms with E-state index in [1.54, 1.807) is 11.8 Å². The van der Waals surface area contributed by atoms with Crippen molar-refractivity contribution < 1.29 is 5.21 Å². The fourth-order valence-corrected chi connectivity index (χ4v) is 2.29. The van der Waals surface area contributed by atoms with Gasteiger partial charge in [-0.3, -0.25) is 0 Å². The Hall–Kier alpha value is -0.580. The molecule has 0 spiro atoms. The molecule has 0 radical (unpaired) electrons. The molecule has 1 aliphatic rings. The summed E-state index contributed by atoms with van der Waals surface area (Å²) in [6, 6.07) is 0.455. The molecule has 4 nitrogen and oxygen atoms in total. The van der Waals surface area contributed by atoms with Gasteiger partial charge in [0.1, 0.15) is 0 Å². The number of guanidine groups is 1. The molecule has 1 heterocycles. The fourth-order valence-electron chi connectivity index (χ4n) is 1.56. The van der Waals surface area contributed by atoms with Crippen molar-refractivity contribution in [3.05, 3.63) is 0 Å². The van der Waals surface area contributed by atoms with Gasteiger partial charge in [-0.15, -0.1) is 0 Å². The third-order valence-corrected chi connectivity index (χ3v) is 2.85. The molecule has 1 rings (SSSR count).